The smallest absolute Gasteiger partial charge is 0.327 e. The van der Waals surface area contributed by atoms with Gasteiger partial charge >= 0.3 is 6.03 Å². The van der Waals surface area contributed by atoms with Gasteiger partial charge in [-0.05, 0) is 48.9 Å². The Morgan fingerprint density at radius 2 is 1.69 bits per heavy atom. The summed E-state index contributed by atoms with van der Waals surface area (Å²) < 4.78 is 38.8. The van der Waals surface area contributed by atoms with E-state index in [1.165, 1.54) is 4.90 Å². The van der Waals surface area contributed by atoms with Crippen molar-refractivity contribution in [3.63, 3.8) is 0 Å². The number of anilines is 1. The van der Waals surface area contributed by atoms with Crippen molar-refractivity contribution >= 4 is 17.3 Å². The lowest BCUT2D eigenvalue weighted by Crippen LogP contribution is -2.46. The molecular weight excluding hydrogens is 454 g/mol. The number of ether oxygens (including phenoxy) is 1. The summed E-state index contributed by atoms with van der Waals surface area (Å²) in [6.45, 7) is 1.67. The highest BCUT2D eigenvalue weighted by atomic mass is 19.1. The minimum absolute atomic E-state index is 0.0383. The fourth-order valence-corrected chi connectivity index (χ4v) is 4.09. The van der Waals surface area contributed by atoms with Crippen molar-refractivity contribution in [2.24, 2.45) is 0 Å². The normalized spacial score (nSPS) is 15.8. The molecule has 0 spiro atoms. The third-order valence-electron chi connectivity index (χ3n) is 5.73. The Balaban J connectivity index is 1.64. The Hall–Kier alpha value is -4.53. The molecule has 5 rings (SSSR count). The van der Waals surface area contributed by atoms with Gasteiger partial charge in [0.1, 0.15) is 17.4 Å². The van der Waals surface area contributed by atoms with Crippen LogP contribution in [0.5, 0.6) is 5.75 Å². The highest BCUT2D eigenvalue weighted by Crippen LogP contribution is 2.39. The van der Waals surface area contributed by atoms with Gasteiger partial charge in [-0.15, -0.1) is 0 Å². The minimum Gasteiger partial charge on any atom is -0.497 e. The largest absolute Gasteiger partial charge is 0.497 e. The van der Waals surface area contributed by atoms with Gasteiger partial charge in [0.2, 0.25) is 5.82 Å². The molecule has 35 heavy (non-hydrogen) atoms. The number of methoxy groups -OCH3 is 1. The number of carbonyl (C=O) groups excluding carboxylic acids is 1. The highest BCUT2D eigenvalue weighted by Gasteiger charge is 2.36. The quantitative estimate of drug-likeness (QED) is 0.400. The average molecular weight is 474 g/mol. The number of carbonyl (C=O) groups is 1. The molecule has 1 aliphatic heterocycles. The van der Waals surface area contributed by atoms with Crippen LogP contribution in [0, 0.1) is 11.6 Å². The number of nitrogens with zero attached hydrogens (tertiary/aromatic N) is 3. The number of halogens is 2. The topological polar surface area (TPSA) is 80.5 Å². The second-order valence-electron chi connectivity index (χ2n) is 7.91. The Kier molecular flexibility index (Phi) is 5.74. The van der Waals surface area contributed by atoms with E-state index in [4.69, 9.17) is 9.26 Å². The number of nitrogens with one attached hydrogen (secondary N) is 1. The summed E-state index contributed by atoms with van der Waals surface area (Å²) >= 11 is 0. The number of hydrogen-bond donors (Lipinski definition) is 1. The number of aromatic nitrogens is 2. The predicted molar refractivity (Wildman–Crippen MR) is 125 cm³/mol. The summed E-state index contributed by atoms with van der Waals surface area (Å²) in [5.74, 6) is -0.397. The summed E-state index contributed by atoms with van der Waals surface area (Å²) in [6, 6.07) is 18.2. The SMILES string of the molecule is COc1ccc(-c2noc(C3=C(C)N(c4cc(F)cc(F)c4)C(=O)NC3c3ccccc3)n2)cc1. The van der Waals surface area contributed by atoms with E-state index >= 15 is 0 Å². The molecule has 1 aromatic heterocycles. The minimum atomic E-state index is -0.799. The number of hydrogen-bond acceptors (Lipinski definition) is 5. The third-order valence-corrected chi connectivity index (χ3v) is 5.73. The molecule has 1 unspecified atom stereocenters. The van der Waals surface area contributed by atoms with Crippen molar-refractivity contribution in [2.45, 2.75) is 13.0 Å². The van der Waals surface area contributed by atoms with E-state index in [9.17, 15) is 13.6 Å². The zero-order valence-electron chi connectivity index (χ0n) is 18.8. The number of benzene rings is 3. The molecule has 4 aromatic rings. The van der Waals surface area contributed by atoms with E-state index in [0.717, 1.165) is 23.8 Å². The highest BCUT2D eigenvalue weighted by molar-refractivity contribution is 6.01. The molecule has 0 fully saturated rings. The van der Waals surface area contributed by atoms with Crippen LogP contribution in [0.2, 0.25) is 0 Å². The molecule has 1 N–H and O–H groups in total. The Bertz CT molecular complexity index is 1400. The molecule has 2 heterocycles. The van der Waals surface area contributed by atoms with E-state index < -0.39 is 23.7 Å². The van der Waals surface area contributed by atoms with Crippen LogP contribution in [0.4, 0.5) is 19.3 Å². The van der Waals surface area contributed by atoms with Gasteiger partial charge in [0.05, 0.1) is 24.4 Å². The van der Waals surface area contributed by atoms with Crippen LogP contribution < -0.4 is 15.0 Å². The second-order valence-corrected chi connectivity index (χ2v) is 7.91. The molecule has 0 saturated heterocycles. The maximum atomic E-state index is 14.0. The molecule has 9 heteroatoms. The van der Waals surface area contributed by atoms with Crippen molar-refractivity contribution < 1.29 is 22.8 Å². The fourth-order valence-electron chi connectivity index (χ4n) is 4.09. The molecule has 0 saturated carbocycles. The molecule has 2 amide bonds. The lowest BCUT2D eigenvalue weighted by atomic mass is 9.94. The fraction of sp³-hybridized carbons (Fsp3) is 0.115. The van der Waals surface area contributed by atoms with Gasteiger partial charge in [0.15, 0.2) is 0 Å². The lowest BCUT2D eigenvalue weighted by Gasteiger charge is -2.35. The zero-order valence-corrected chi connectivity index (χ0v) is 18.8. The van der Waals surface area contributed by atoms with Gasteiger partial charge in [-0.1, -0.05) is 35.5 Å². The summed E-state index contributed by atoms with van der Waals surface area (Å²) in [6.07, 6.45) is 0. The van der Waals surface area contributed by atoms with Crippen LogP contribution in [-0.4, -0.2) is 23.3 Å². The molecule has 1 aliphatic rings. The first-order valence-corrected chi connectivity index (χ1v) is 10.8. The predicted octanol–water partition coefficient (Wildman–Crippen LogP) is 5.73. The van der Waals surface area contributed by atoms with E-state index in [1.807, 2.05) is 30.3 Å². The first-order valence-electron chi connectivity index (χ1n) is 10.8. The first kappa shape index (κ1) is 22.3. The molecule has 1 atom stereocenters. The summed E-state index contributed by atoms with van der Waals surface area (Å²) in [5, 5.41) is 7.02. The van der Waals surface area contributed by atoms with E-state index in [2.05, 4.69) is 15.5 Å². The Morgan fingerprint density at radius 1 is 1.00 bits per heavy atom. The van der Waals surface area contributed by atoms with Crippen molar-refractivity contribution in [2.75, 3.05) is 12.0 Å². The van der Waals surface area contributed by atoms with Gasteiger partial charge in [0.25, 0.3) is 5.89 Å². The van der Waals surface area contributed by atoms with Crippen LogP contribution in [-0.2, 0) is 0 Å². The zero-order chi connectivity index (χ0) is 24.5. The van der Waals surface area contributed by atoms with Gasteiger partial charge in [-0.2, -0.15) is 4.98 Å². The van der Waals surface area contributed by atoms with E-state index in [-0.39, 0.29) is 11.6 Å². The Labute approximate surface area is 199 Å². The van der Waals surface area contributed by atoms with Gasteiger partial charge < -0.3 is 14.6 Å². The number of rotatable bonds is 5. The van der Waals surface area contributed by atoms with Gasteiger partial charge in [0, 0.05) is 17.3 Å². The van der Waals surface area contributed by atoms with Crippen molar-refractivity contribution in [1.82, 2.24) is 15.5 Å². The van der Waals surface area contributed by atoms with E-state index in [1.54, 1.807) is 38.3 Å². The third kappa shape index (κ3) is 4.23. The van der Waals surface area contributed by atoms with Crippen LogP contribution in [0.3, 0.4) is 0 Å². The van der Waals surface area contributed by atoms with Crippen molar-refractivity contribution in [1.29, 1.82) is 0 Å². The van der Waals surface area contributed by atoms with Crippen LogP contribution in [0.1, 0.15) is 24.4 Å². The average Bonchev–Trinajstić information content (AvgIpc) is 3.33. The second kappa shape index (κ2) is 9.02. The van der Waals surface area contributed by atoms with E-state index in [0.29, 0.717) is 28.4 Å². The monoisotopic (exact) mass is 474 g/mol. The molecule has 176 valence electrons. The molecular formula is C26H20F2N4O3. The Morgan fingerprint density at radius 3 is 2.34 bits per heavy atom. The van der Waals surface area contributed by atoms with Crippen molar-refractivity contribution in [3.05, 3.63) is 102 Å². The summed E-state index contributed by atoms with van der Waals surface area (Å²) in [4.78, 5) is 18.9. The first-order chi connectivity index (χ1) is 16.9. The number of amides is 2. The summed E-state index contributed by atoms with van der Waals surface area (Å²) in [5.41, 5.74) is 2.44. The molecule has 3 aromatic carbocycles. The maximum Gasteiger partial charge on any atom is 0.327 e. The lowest BCUT2D eigenvalue weighted by molar-refractivity contribution is 0.244. The maximum absolute atomic E-state index is 14.0. The van der Waals surface area contributed by atoms with Crippen LogP contribution >= 0.6 is 0 Å². The number of allylic oxidation sites excluding steroid dienone is 1. The van der Waals surface area contributed by atoms with Crippen LogP contribution in [0.25, 0.3) is 17.0 Å². The molecule has 0 bridgehead atoms. The summed E-state index contributed by atoms with van der Waals surface area (Å²) in [7, 11) is 1.58. The van der Waals surface area contributed by atoms with Gasteiger partial charge in [-0.25, -0.2) is 13.6 Å². The van der Waals surface area contributed by atoms with Crippen molar-refractivity contribution in [3.8, 4) is 17.1 Å². The molecule has 0 radical (unpaired) electrons. The standard InChI is InChI=1S/C26H20F2N4O3/c1-15-22(25-30-24(31-35-25)17-8-10-21(34-2)11-9-17)23(16-6-4-3-5-7-16)29-26(33)32(15)20-13-18(27)12-19(28)14-20/h3-14,23H,1-2H3,(H,29,33). The molecule has 0 aliphatic carbocycles. The molecule has 7 nitrogen and oxygen atoms in total. The van der Waals surface area contributed by atoms with Crippen LogP contribution in [0.15, 0.2) is 83.0 Å². The van der Waals surface area contributed by atoms with Gasteiger partial charge in [-0.3, -0.25) is 4.90 Å². The number of urea groups is 1.